The van der Waals surface area contributed by atoms with Gasteiger partial charge in [-0.2, -0.15) is 0 Å². The molecule has 2 rings (SSSR count). The number of likely N-dealkylation sites (tertiary alicyclic amines) is 1. The third-order valence-corrected chi connectivity index (χ3v) is 2.95. The molecule has 1 aliphatic heterocycles. The van der Waals surface area contributed by atoms with Gasteiger partial charge in [0.2, 0.25) is 0 Å². The first-order valence-electron chi connectivity index (χ1n) is 5.23. The highest BCUT2D eigenvalue weighted by molar-refractivity contribution is 5.05. The minimum atomic E-state index is 0.347. The Bertz CT molecular complexity index is 250. The molecule has 14 heavy (non-hydrogen) atoms. The van der Waals surface area contributed by atoms with E-state index < -0.39 is 0 Å². The summed E-state index contributed by atoms with van der Waals surface area (Å²) in [4.78, 5) is 2.41. The lowest BCUT2D eigenvalue weighted by Gasteiger charge is -2.30. The molecule has 0 aromatic carbocycles. The maximum atomic E-state index is 9.00. The van der Waals surface area contributed by atoms with E-state index in [1.807, 2.05) is 6.07 Å². The van der Waals surface area contributed by atoms with Crippen molar-refractivity contribution in [1.82, 2.24) is 4.90 Å². The standard InChI is InChI=1S/C11H17NO2/c13-8-10-1-4-12(5-2-10)7-11-3-6-14-9-11/h3,6,9-10,13H,1-2,4-5,7-8H2. The average molecular weight is 195 g/mol. The Morgan fingerprint density at radius 3 is 2.79 bits per heavy atom. The second-order valence-corrected chi connectivity index (χ2v) is 4.03. The number of piperidine rings is 1. The normalized spacial score (nSPS) is 20.1. The molecule has 1 saturated heterocycles. The molecule has 2 heterocycles. The fourth-order valence-corrected chi connectivity index (χ4v) is 1.97. The predicted octanol–water partition coefficient (Wildman–Crippen LogP) is 1.48. The zero-order chi connectivity index (χ0) is 9.80. The second-order valence-electron chi connectivity index (χ2n) is 4.03. The smallest absolute Gasteiger partial charge is 0.0947 e. The maximum Gasteiger partial charge on any atom is 0.0947 e. The molecule has 0 saturated carbocycles. The Morgan fingerprint density at radius 1 is 1.43 bits per heavy atom. The number of aliphatic hydroxyl groups is 1. The van der Waals surface area contributed by atoms with Crippen molar-refractivity contribution < 1.29 is 9.52 Å². The Labute approximate surface area is 84.3 Å². The fourth-order valence-electron chi connectivity index (χ4n) is 1.97. The highest BCUT2D eigenvalue weighted by Crippen LogP contribution is 2.18. The molecular weight excluding hydrogens is 178 g/mol. The first-order chi connectivity index (χ1) is 6.88. The molecule has 3 nitrogen and oxygen atoms in total. The summed E-state index contributed by atoms with van der Waals surface area (Å²) < 4.78 is 5.03. The quantitative estimate of drug-likeness (QED) is 0.793. The summed E-state index contributed by atoms with van der Waals surface area (Å²) in [5.41, 5.74) is 1.24. The van der Waals surface area contributed by atoms with Crippen LogP contribution in [0, 0.1) is 5.92 Å². The van der Waals surface area contributed by atoms with E-state index in [1.165, 1.54) is 5.56 Å². The fraction of sp³-hybridized carbons (Fsp3) is 0.636. The van der Waals surface area contributed by atoms with Gasteiger partial charge in [0.05, 0.1) is 12.5 Å². The molecule has 1 aromatic heterocycles. The monoisotopic (exact) mass is 195 g/mol. The van der Waals surface area contributed by atoms with Crippen molar-refractivity contribution in [3.63, 3.8) is 0 Å². The van der Waals surface area contributed by atoms with Gasteiger partial charge in [0.15, 0.2) is 0 Å². The minimum absolute atomic E-state index is 0.347. The van der Waals surface area contributed by atoms with Crippen LogP contribution in [0.25, 0.3) is 0 Å². The van der Waals surface area contributed by atoms with Crippen LogP contribution in [0.5, 0.6) is 0 Å². The van der Waals surface area contributed by atoms with Crippen LogP contribution < -0.4 is 0 Å². The van der Waals surface area contributed by atoms with Crippen LogP contribution in [-0.4, -0.2) is 29.7 Å². The Morgan fingerprint density at radius 2 is 2.21 bits per heavy atom. The number of rotatable bonds is 3. The van der Waals surface area contributed by atoms with Crippen molar-refractivity contribution in [2.45, 2.75) is 19.4 Å². The zero-order valence-corrected chi connectivity index (χ0v) is 8.35. The molecule has 1 fully saturated rings. The van der Waals surface area contributed by atoms with Crippen LogP contribution in [0.3, 0.4) is 0 Å². The number of aliphatic hydroxyl groups excluding tert-OH is 1. The van der Waals surface area contributed by atoms with Gasteiger partial charge in [-0.1, -0.05) is 0 Å². The van der Waals surface area contributed by atoms with Crippen LogP contribution in [-0.2, 0) is 6.54 Å². The van der Waals surface area contributed by atoms with Crippen LogP contribution in [0.15, 0.2) is 23.0 Å². The van der Waals surface area contributed by atoms with E-state index in [1.54, 1.807) is 12.5 Å². The Hall–Kier alpha value is -0.800. The molecule has 78 valence electrons. The van der Waals surface area contributed by atoms with Gasteiger partial charge in [-0.25, -0.2) is 0 Å². The summed E-state index contributed by atoms with van der Waals surface area (Å²) in [7, 11) is 0. The van der Waals surface area contributed by atoms with Crippen molar-refractivity contribution in [3.8, 4) is 0 Å². The van der Waals surface area contributed by atoms with Gasteiger partial charge in [0, 0.05) is 18.7 Å². The molecule has 1 aromatic rings. The summed E-state index contributed by atoms with van der Waals surface area (Å²) in [5.74, 6) is 0.524. The lowest BCUT2D eigenvalue weighted by Crippen LogP contribution is -2.34. The Balaban J connectivity index is 1.79. The van der Waals surface area contributed by atoms with Crippen molar-refractivity contribution in [2.24, 2.45) is 5.92 Å². The highest BCUT2D eigenvalue weighted by Gasteiger charge is 2.18. The molecule has 1 N–H and O–H groups in total. The molecule has 0 atom stereocenters. The second kappa shape index (κ2) is 4.62. The van der Waals surface area contributed by atoms with E-state index in [2.05, 4.69) is 4.90 Å². The lowest BCUT2D eigenvalue weighted by molar-refractivity contribution is 0.127. The summed E-state index contributed by atoms with van der Waals surface area (Å²) in [6.07, 6.45) is 5.76. The summed E-state index contributed by atoms with van der Waals surface area (Å²) in [6, 6.07) is 2.01. The van der Waals surface area contributed by atoms with Crippen LogP contribution in [0.2, 0.25) is 0 Å². The third kappa shape index (κ3) is 2.36. The highest BCUT2D eigenvalue weighted by atomic mass is 16.3. The van der Waals surface area contributed by atoms with Crippen molar-refractivity contribution >= 4 is 0 Å². The zero-order valence-electron chi connectivity index (χ0n) is 8.35. The van der Waals surface area contributed by atoms with Gasteiger partial charge in [0.1, 0.15) is 0 Å². The summed E-state index contributed by atoms with van der Waals surface area (Å²) >= 11 is 0. The predicted molar refractivity (Wildman–Crippen MR) is 53.8 cm³/mol. The van der Waals surface area contributed by atoms with E-state index in [0.717, 1.165) is 32.5 Å². The molecule has 0 amide bonds. The number of hydrogen-bond acceptors (Lipinski definition) is 3. The average Bonchev–Trinajstić information content (AvgIpc) is 2.72. The number of nitrogens with zero attached hydrogens (tertiary/aromatic N) is 1. The molecule has 3 heteroatoms. The SMILES string of the molecule is OCC1CCN(Cc2ccoc2)CC1. The molecular formula is C11H17NO2. The summed E-state index contributed by atoms with van der Waals surface area (Å²) in [5, 5.41) is 9.00. The number of hydrogen-bond donors (Lipinski definition) is 1. The molecule has 0 bridgehead atoms. The van der Waals surface area contributed by atoms with Gasteiger partial charge in [-0.15, -0.1) is 0 Å². The van der Waals surface area contributed by atoms with Crippen LogP contribution in [0.4, 0.5) is 0 Å². The molecule has 0 spiro atoms. The van der Waals surface area contributed by atoms with Gasteiger partial charge in [-0.3, -0.25) is 4.90 Å². The van der Waals surface area contributed by atoms with E-state index in [-0.39, 0.29) is 0 Å². The van der Waals surface area contributed by atoms with Gasteiger partial charge in [-0.05, 0) is 37.9 Å². The molecule has 0 radical (unpaired) electrons. The van der Waals surface area contributed by atoms with Crippen molar-refractivity contribution in [1.29, 1.82) is 0 Å². The topological polar surface area (TPSA) is 36.6 Å². The minimum Gasteiger partial charge on any atom is -0.472 e. The van der Waals surface area contributed by atoms with Gasteiger partial charge >= 0.3 is 0 Å². The largest absolute Gasteiger partial charge is 0.472 e. The van der Waals surface area contributed by atoms with E-state index in [4.69, 9.17) is 9.52 Å². The molecule has 0 aliphatic carbocycles. The van der Waals surface area contributed by atoms with E-state index in [0.29, 0.717) is 12.5 Å². The summed E-state index contributed by atoms with van der Waals surface area (Å²) in [6.45, 7) is 3.51. The third-order valence-electron chi connectivity index (χ3n) is 2.95. The number of furan rings is 1. The van der Waals surface area contributed by atoms with Gasteiger partial charge < -0.3 is 9.52 Å². The first kappa shape index (κ1) is 9.74. The van der Waals surface area contributed by atoms with E-state index >= 15 is 0 Å². The maximum absolute atomic E-state index is 9.00. The van der Waals surface area contributed by atoms with E-state index in [9.17, 15) is 0 Å². The Kier molecular flexibility index (Phi) is 3.22. The van der Waals surface area contributed by atoms with Gasteiger partial charge in [0.25, 0.3) is 0 Å². The van der Waals surface area contributed by atoms with Crippen molar-refractivity contribution in [3.05, 3.63) is 24.2 Å². The molecule has 0 unspecified atom stereocenters. The van der Waals surface area contributed by atoms with Crippen LogP contribution >= 0.6 is 0 Å². The van der Waals surface area contributed by atoms with Crippen molar-refractivity contribution in [2.75, 3.05) is 19.7 Å². The molecule has 1 aliphatic rings. The first-order valence-corrected chi connectivity index (χ1v) is 5.23. The lowest BCUT2D eigenvalue weighted by atomic mass is 9.98. The van der Waals surface area contributed by atoms with Crippen LogP contribution in [0.1, 0.15) is 18.4 Å².